The third-order valence-electron chi connectivity index (χ3n) is 3.98. The van der Waals surface area contributed by atoms with E-state index in [-0.39, 0.29) is 0 Å². The van der Waals surface area contributed by atoms with Gasteiger partial charge in [0.2, 0.25) is 0 Å². The van der Waals surface area contributed by atoms with E-state index in [0.29, 0.717) is 6.61 Å². The Labute approximate surface area is 126 Å². The van der Waals surface area contributed by atoms with E-state index >= 15 is 0 Å². The summed E-state index contributed by atoms with van der Waals surface area (Å²) < 4.78 is 5.26. The van der Waals surface area contributed by atoms with Gasteiger partial charge in [-0.05, 0) is 28.7 Å². The molecule has 1 aliphatic rings. The van der Waals surface area contributed by atoms with E-state index in [1.54, 1.807) is 7.11 Å². The minimum absolute atomic E-state index is 0.667. The third-order valence-corrected chi connectivity index (χ3v) is 3.98. The predicted molar refractivity (Wildman–Crippen MR) is 86.3 cm³/mol. The lowest BCUT2D eigenvalue weighted by molar-refractivity contribution is 0.184. The first-order chi connectivity index (χ1) is 10.4. The lowest BCUT2D eigenvalue weighted by Crippen LogP contribution is -2.15. The second kappa shape index (κ2) is 6.74. The fraction of sp³-hybridized carbons (Fsp3) is 0.333. The highest BCUT2D eigenvalue weighted by Gasteiger charge is 2.13. The molecule has 2 N–H and O–H groups in total. The van der Waals surface area contributed by atoms with E-state index in [0.717, 1.165) is 26.1 Å². The van der Waals surface area contributed by atoms with Gasteiger partial charge in [0.25, 0.3) is 0 Å². The Morgan fingerprint density at radius 1 is 1.00 bits per heavy atom. The molecule has 0 saturated carbocycles. The average molecular weight is 282 g/mol. The summed E-state index contributed by atoms with van der Waals surface area (Å²) in [5.41, 5.74) is 6.68. The topological polar surface area (TPSA) is 33.3 Å². The van der Waals surface area contributed by atoms with Gasteiger partial charge in [0.15, 0.2) is 0 Å². The number of hydrogen-bond donors (Lipinski definition) is 2. The second-order valence-electron chi connectivity index (χ2n) is 5.43. The molecular formula is C18H22N2O. The monoisotopic (exact) mass is 282 g/mol. The van der Waals surface area contributed by atoms with Crippen molar-refractivity contribution >= 4 is 5.69 Å². The van der Waals surface area contributed by atoms with Crippen LogP contribution in [0, 0.1) is 0 Å². The number of methoxy groups -OCH3 is 1. The molecule has 0 atom stereocenters. The Bertz CT molecular complexity index is 610. The Morgan fingerprint density at radius 3 is 2.62 bits per heavy atom. The molecule has 0 aromatic heterocycles. The van der Waals surface area contributed by atoms with E-state index < -0.39 is 0 Å². The van der Waals surface area contributed by atoms with Gasteiger partial charge in [-0.2, -0.15) is 0 Å². The quantitative estimate of drug-likeness (QED) is 0.854. The first-order valence-corrected chi connectivity index (χ1v) is 7.49. The maximum atomic E-state index is 5.26. The maximum absolute atomic E-state index is 5.26. The summed E-state index contributed by atoms with van der Waals surface area (Å²) in [7, 11) is 1.74. The van der Waals surface area contributed by atoms with Crippen molar-refractivity contribution in [1.29, 1.82) is 0 Å². The van der Waals surface area contributed by atoms with Crippen LogP contribution in [0.2, 0.25) is 0 Å². The van der Waals surface area contributed by atoms with Crippen molar-refractivity contribution in [3.05, 3.63) is 64.7 Å². The third kappa shape index (κ3) is 3.26. The smallest absolute Gasteiger partial charge is 0.0716 e. The molecule has 3 heteroatoms. The summed E-state index contributed by atoms with van der Waals surface area (Å²) in [5, 5.41) is 7.04. The lowest BCUT2D eigenvalue weighted by Gasteiger charge is -2.12. The molecule has 0 aliphatic carbocycles. The SMILES string of the molecule is COCc1ccccc1CNCc1cccc2c1NCC2. The normalized spacial score (nSPS) is 13.0. The largest absolute Gasteiger partial charge is 0.384 e. The van der Waals surface area contributed by atoms with Gasteiger partial charge in [-0.25, -0.2) is 0 Å². The van der Waals surface area contributed by atoms with Gasteiger partial charge < -0.3 is 15.4 Å². The van der Waals surface area contributed by atoms with E-state index in [2.05, 4.69) is 53.1 Å². The van der Waals surface area contributed by atoms with Gasteiger partial charge in [-0.3, -0.25) is 0 Å². The summed E-state index contributed by atoms with van der Waals surface area (Å²) in [6, 6.07) is 15.0. The van der Waals surface area contributed by atoms with Gasteiger partial charge in [0, 0.05) is 32.4 Å². The molecule has 0 bridgehead atoms. The van der Waals surface area contributed by atoms with Crippen LogP contribution in [0.4, 0.5) is 5.69 Å². The highest BCUT2D eigenvalue weighted by atomic mass is 16.5. The number of benzene rings is 2. The molecule has 0 saturated heterocycles. The fourth-order valence-corrected chi connectivity index (χ4v) is 2.92. The Kier molecular flexibility index (Phi) is 4.53. The number of ether oxygens (including phenoxy) is 1. The first-order valence-electron chi connectivity index (χ1n) is 7.49. The number of nitrogens with one attached hydrogen (secondary N) is 2. The van der Waals surface area contributed by atoms with Crippen LogP contribution >= 0.6 is 0 Å². The zero-order valence-electron chi connectivity index (χ0n) is 12.5. The molecule has 110 valence electrons. The summed E-state index contributed by atoms with van der Waals surface area (Å²) >= 11 is 0. The van der Waals surface area contributed by atoms with Crippen LogP contribution < -0.4 is 10.6 Å². The Morgan fingerprint density at radius 2 is 1.76 bits per heavy atom. The molecule has 1 aliphatic heterocycles. The van der Waals surface area contributed by atoms with E-state index in [1.165, 1.54) is 27.9 Å². The minimum atomic E-state index is 0.667. The molecule has 0 spiro atoms. The predicted octanol–water partition coefficient (Wildman–Crippen LogP) is 3.09. The summed E-state index contributed by atoms with van der Waals surface area (Å²) in [5.74, 6) is 0. The van der Waals surface area contributed by atoms with Crippen LogP contribution in [0.5, 0.6) is 0 Å². The maximum Gasteiger partial charge on any atom is 0.0716 e. The molecule has 21 heavy (non-hydrogen) atoms. The zero-order chi connectivity index (χ0) is 14.5. The van der Waals surface area contributed by atoms with Crippen molar-refractivity contribution in [2.75, 3.05) is 19.0 Å². The van der Waals surface area contributed by atoms with Crippen molar-refractivity contribution in [1.82, 2.24) is 5.32 Å². The van der Waals surface area contributed by atoms with Gasteiger partial charge >= 0.3 is 0 Å². The van der Waals surface area contributed by atoms with Crippen LogP contribution in [0.1, 0.15) is 22.3 Å². The molecule has 0 unspecified atom stereocenters. The summed E-state index contributed by atoms with van der Waals surface area (Å²) in [6.07, 6.45) is 1.14. The van der Waals surface area contributed by atoms with Crippen molar-refractivity contribution < 1.29 is 4.74 Å². The van der Waals surface area contributed by atoms with Crippen LogP contribution in [-0.4, -0.2) is 13.7 Å². The summed E-state index contributed by atoms with van der Waals surface area (Å²) in [6.45, 7) is 3.48. The Balaban J connectivity index is 1.63. The lowest BCUT2D eigenvalue weighted by atomic mass is 10.1. The molecule has 3 rings (SSSR count). The van der Waals surface area contributed by atoms with E-state index in [9.17, 15) is 0 Å². The van der Waals surface area contributed by atoms with Crippen LogP contribution in [0.3, 0.4) is 0 Å². The molecule has 3 nitrogen and oxygen atoms in total. The highest BCUT2D eigenvalue weighted by Crippen LogP contribution is 2.26. The molecule has 0 radical (unpaired) electrons. The van der Waals surface area contributed by atoms with Crippen LogP contribution in [-0.2, 0) is 30.9 Å². The van der Waals surface area contributed by atoms with Crippen molar-refractivity contribution in [3.8, 4) is 0 Å². The first kappa shape index (κ1) is 14.1. The van der Waals surface area contributed by atoms with Crippen LogP contribution in [0.15, 0.2) is 42.5 Å². The molecule has 1 heterocycles. The zero-order valence-corrected chi connectivity index (χ0v) is 12.5. The Hall–Kier alpha value is -1.84. The van der Waals surface area contributed by atoms with Gasteiger partial charge in [0.1, 0.15) is 0 Å². The molecule has 2 aromatic rings. The molecular weight excluding hydrogens is 260 g/mol. The van der Waals surface area contributed by atoms with Gasteiger partial charge in [-0.15, -0.1) is 0 Å². The second-order valence-corrected chi connectivity index (χ2v) is 5.43. The number of para-hydroxylation sites is 1. The number of hydrogen-bond acceptors (Lipinski definition) is 3. The highest BCUT2D eigenvalue weighted by molar-refractivity contribution is 5.61. The molecule has 0 fully saturated rings. The van der Waals surface area contributed by atoms with Crippen molar-refractivity contribution in [3.63, 3.8) is 0 Å². The summed E-state index contributed by atoms with van der Waals surface area (Å²) in [4.78, 5) is 0. The number of rotatable bonds is 6. The number of anilines is 1. The van der Waals surface area contributed by atoms with Crippen molar-refractivity contribution in [2.45, 2.75) is 26.1 Å². The standard InChI is InChI=1S/C18H22N2O/c1-21-13-17-6-3-2-5-15(17)11-19-12-16-8-4-7-14-9-10-20-18(14)16/h2-8,19-20H,9-13H2,1H3. The van der Waals surface area contributed by atoms with E-state index in [4.69, 9.17) is 4.74 Å². The van der Waals surface area contributed by atoms with Crippen LogP contribution in [0.25, 0.3) is 0 Å². The minimum Gasteiger partial charge on any atom is -0.384 e. The van der Waals surface area contributed by atoms with Gasteiger partial charge in [-0.1, -0.05) is 42.5 Å². The van der Waals surface area contributed by atoms with Gasteiger partial charge in [0.05, 0.1) is 6.61 Å². The van der Waals surface area contributed by atoms with E-state index in [1.807, 2.05) is 0 Å². The molecule has 2 aromatic carbocycles. The fourth-order valence-electron chi connectivity index (χ4n) is 2.92. The molecule has 0 amide bonds. The number of fused-ring (bicyclic) bond motifs is 1. The average Bonchev–Trinajstić information content (AvgIpc) is 2.99. The van der Waals surface area contributed by atoms with Crippen molar-refractivity contribution in [2.24, 2.45) is 0 Å².